The Labute approximate surface area is 197 Å². The maximum atomic E-state index is 13.3. The number of benzene rings is 1. The quantitative estimate of drug-likeness (QED) is 0.637. The van der Waals surface area contributed by atoms with Crippen molar-refractivity contribution in [3.05, 3.63) is 35.0 Å². The van der Waals surface area contributed by atoms with Gasteiger partial charge in [-0.05, 0) is 70.2 Å². The van der Waals surface area contributed by atoms with Crippen molar-refractivity contribution >= 4 is 21.8 Å². The van der Waals surface area contributed by atoms with E-state index in [9.17, 15) is 8.42 Å². The highest BCUT2D eigenvalue weighted by atomic mass is 32.2. The van der Waals surface area contributed by atoms with Crippen LogP contribution in [0.25, 0.3) is 0 Å². The van der Waals surface area contributed by atoms with E-state index in [1.165, 1.54) is 19.3 Å². The van der Waals surface area contributed by atoms with Crippen LogP contribution in [-0.4, -0.2) is 68.6 Å². The predicted molar refractivity (Wildman–Crippen MR) is 131 cm³/mol. The average molecular weight is 474 g/mol. The molecule has 2 saturated heterocycles. The topological polar surface area (TPSA) is 78.9 Å². The second kappa shape index (κ2) is 9.85. The molecule has 3 heterocycles. The van der Waals surface area contributed by atoms with Gasteiger partial charge in [0, 0.05) is 51.0 Å². The number of piperazine rings is 1. The molecule has 2 aromatic rings. The number of aryl methyl sites for hydroxylation is 3. The van der Waals surface area contributed by atoms with E-state index >= 15 is 0 Å². The molecule has 0 radical (unpaired) electrons. The summed E-state index contributed by atoms with van der Waals surface area (Å²) < 4.78 is 33.9. The SMILES string of the molecule is CCOc1c(C)cc(S(=O)(=O)N2CCN(c3nc(C)cc(N4CCCCC4)n3)CC2)cc1C. The molecule has 9 heteroatoms. The molecule has 4 rings (SSSR count). The molecule has 180 valence electrons. The largest absolute Gasteiger partial charge is 0.493 e. The summed E-state index contributed by atoms with van der Waals surface area (Å²) in [5, 5.41) is 0. The molecule has 0 N–H and O–H groups in total. The van der Waals surface area contributed by atoms with Crippen LogP contribution in [0.3, 0.4) is 0 Å². The average Bonchev–Trinajstić information content (AvgIpc) is 2.81. The second-order valence-electron chi connectivity index (χ2n) is 8.93. The molecule has 1 aromatic heterocycles. The van der Waals surface area contributed by atoms with Gasteiger partial charge in [0.15, 0.2) is 0 Å². The minimum atomic E-state index is -3.58. The van der Waals surface area contributed by atoms with Crippen molar-refractivity contribution < 1.29 is 13.2 Å². The third-order valence-electron chi connectivity index (χ3n) is 6.39. The Kier molecular flexibility index (Phi) is 7.09. The standard InChI is InChI=1S/C24H35N5O3S/c1-5-32-23-18(2)15-21(16-19(23)3)33(30,31)29-13-11-28(12-14-29)24-25-20(4)17-22(26-24)27-9-7-6-8-10-27/h15-17H,5-14H2,1-4H3. The zero-order valence-electron chi connectivity index (χ0n) is 20.2. The van der Waals surface area contributed by atoms with E-state index in [4.69, 9.17) is 9.72 Å². The number of hydrogen-bond acceptors (Lipinski definition) is 7. The van der Waals surface area contributed by atoms with E-state index in [0.717, 1.165) is 41.5 Å². The number of ether oxygens (including phenoxy) is 1. The van der Waals surface area contributed by atoms with Gasteiger partial charge in [-0.25, -0.2) is 13.4 Å². The van der Waals surface area contributed by atoms with Gasteiger partial charge in [0.25, 0.3) is 0 Å². The van der Waals surface area contributed by atoms with E-state index in [2.05, 4.69) is 14.8 Å². The minimum Gasteiger partial charge on any atom is -0.493 e. The summed E-state index contributed by atoms with van der Waals surface area (Å²) >= 11 is 0. The third kappa shape index (κ3) is 5.09. The molecular weight excluding hydrogens is 438 g/mol. The van der Waals surface area contributed by atoms with Gasteiger partial charge >= 0.3 is 0 Å². The maximum Gasteiger partial charge on any atom is 0.243 e. The maximum absolute atomic E-state index is 13.3. The molecule has 8 nitrogen and oxygen atoms in total. The molecule has 0 aliphatic carbocycles. The van der Waals surface area contributed by atoms with Crippen molar-refractivity contribution in [3.8, 4) is 5.75 Å². The Morgan fingerprint density at radius 2 is 1.48 bits per heavy atom. The number of anilines is 2. The lowest BCUT2D eigenvalue weighted by Gasteiger charge is -2.35. The molecule has 0 unspecified atom stereocenters. The number of sulfonamides is 1. The fraction of sp³-hybridized carbons (Fsp3) is 0.583. The summed E-state index contributed by atoms with van der Waals surface area (Å²) in [7, 11) is -3.58. The van der Waals surface area contributed by atoms with Crippen LogP contribution >= 0.6 is 0 Å². The van der Waals surface area contributed by atoms with Crippen LogP contribution in [0.15, 0.2) is 23.1 Å². The van der Waals surface area contributed by atoms with Crippen LogP contribution < -0.4 is 14.5 Å². The molecule has 2 fully saturated rings. The first-order valence-electron chi connectivity index (χ1n) is 11.9. The van der Waals surface area contributed by atoms with Gasteiger partial charge in [0.1, 0.15) is 11.6 Å². The predicted octanol–water partition coefficient (Wildman–Crippen LogP) is 3.30. The first-order chi connectivity index (χ1) is 15.8. The van der Waals surface area contributed by atoms with Crippen molar-refractivity contribution in [2.45, 2.75) is 51.9 Å². The third-order valence-corrected chi connectivity index (χ3v) is 8.27. The van der Waals surface area contributed by atoms with Crippen LogP contribution in [0.4, 0.5) is 11.8 Å². The van der Waals surface area contributed by atoms with Crippen molar-refractivity contribution in [1.82, 2.24) is 14.3 Å². The van der Waals surface area contributed by atoms with Gasteiger partial charge < -0.3 is 14.5 Å². The van der Waals surface area contributed by atoms with Gasteiger partial charge in [-0.1, -0.05) is 0 Å². The molecule has 0 atom stereocenters. The smallest absolute Gasteiger partial charge is 0.243 e. The summed E-state index contributed by atoms with van der Waals surface area (Å²) in [6, 6.07) is 5.48. The van der Waals surface area contributed by atoms with Crippen molar-refractivity contribution in [3.63, 3.8) is 0 Å². The Morgan fingerprint density at radius 3 is 2.09 bits per heavy atom. The van der Waals surface area contributed by atoms with Crippen molar-refractivity contribution in [2.75, 3.05) is 55.7 Å². The first kappa shape index (κ1) is 23.8. The molecular formula is C24H35N5O3S. The van der Waals surface area contributed by atoms with Crippen LogP contribution in [0.2, 0.25) is 0 Å². The van der Waals surface area contributed by atoms with Crippen LogP contribution in [-0.2, 0) is 10.0 Å². The Morgan fingerprint density at radius 1 is 0.848 bits per heavy atom. The summed E-state index contributed by atoms with van der Waals surface area (Å²) in [5.74, 6) is 2.44. The molecule has 2 aliphatic rings. The lowest BCUT2D eigenvalue weighted by molar-refractivity contribution is 0.335. The van der Waals surface area contributed by atoms with Crippen LogP contribution in [0.5, 0.6) is 5.75 Å². The summed E-state index contributed by atoms with van der Waals surface area (Å²) in [6.45, 7) is 12.3. The highest BCUT2D eigenvalue weighted by Crippen LogP contribution is 2.29. The Balaban J connectivity index is 1.48. The molecule has 1 aromatic carbocycles. The molecule has 2 aliphatic heterocycles. The van der Waals surface area contributed by atoms with Gasteiger partial charge in [-0.15, -0.1) is 0 Å². The van der Waals surface area contributed by atoms with Gasteiger partial charge in [-0.2, -0.15) is 9.29 Å². The zero-order valence-corrected chi connectivity index (χ0v) is 21.0. The zero-order chi connectivity index (χ0) is 23.6. The second-order valence-corrected chi connectivity index (χ2v) is 10.9. The molecule has 0 spiro atoms. The Hall–Kier alpha value is -2.39. The van der Waals surface area contributed by atoms with E-state index in [-0.39, 0.29) is 0 Å². The molecule has 0 amide bonds. The van der Waals surface area contributed by atoms with E-state index in [1.54, 1.807) is 16.4 Å². The molecule has 0 saturated carbocycles. The summed E-state index contributed by atoms with van der Waals surface area (Å²) in [4.78, 5) is 14.2. The number of piperidine rings is 1. The van der Waals surface area contributed by atoms with E-state index in [0.29, 0.717) is 43.6 Å². The van der Waals surface area contributed by atoms with E-state index < -0.39 is 10.0 Å². The normalized spacial score (nSPS) is 17.9. The fourth-order valence-electron chi connectivity index (χ4n) is 4.67. The minimum absolute atomic E-state index is 0.327. The van der Waals surface area contributed by atoms with Crippen LogP contribution in [0, 0.1) is 20.8 Å². The first-order valence-corrected chi connectivity index (χ1v) is 13.3. The monoisotopic (exact) mass is 473 g/mol. The fourth-order valence-corrected chi connectivity index (χ4v) is 6.27. The van der Waals surface area contributed by atoms with Crippen molar-refractivity contribution in [1.29, 1.82) is 0 Å². The lowest BCUT2D eigenvalue weighted by Crippen LogP contribution is -2.49. The highest BCUT2D eigenvalue weighted by Gasteiger charge is 2.30. The van der Waals surface area contributed by atoms with Gasteiger partial charge in [0.2, 0.25) is 16.0 Å². The molecule has 0 bridgehead atoms. The number of aromatic nitrogens is 2. The van der Waals surface area contributed by atoms with E-state index in [1.807, 2.05) is 33.8 Å². The lowest BCUT2D eigenvalue weighted by atomic mass is 10.1. The molecule has 33 heavy (non-hydrogen) atoms. The Bertz CT molecular complexity index is 1070. The van der Waals surface area contributed by atoms with Crippen LogP contribution in [0.1, 0.15) is 43.0 Å². The number of nitrogens with zero attached hydrogens (tertiary/aromatic N) is 5. The highest BCUT2D eigenvalue weighted by molar-refractivity contribution is 7.89. The summed E-state index contributed by atoms with van der Waals surface area (Å²) in [6.07, 6.45) is 3.66. The number of rotatable bonds is 6. The van der Waals surface area contributed by atoms with Gasteiger partial charge in [0.05, 0.1) is 11.5 Å². The number of hydrogen-bond donors (Lipinski definition) is 0. The summed E-state index contributed by atoms with van der Waals surface area (Å²) in [5.41, 5.74) is 2.62. The van der Waals surface area contributed by atoms with Gasteiger partial charge in [-0.3, -0.25) is 0 Å². The van der Waals surface area contributed by atoms with Crippen molar-refractivity contribution in [2.24, 2.45) is 0 Å².